The first kappa shape index (κ1) is 9.39. The summed E-state index contributed by atoms with van der Waals surface area (Å²) in [5.41, 5.74) is 10.3. The highest BCUT2D eigenvalue weighted by Gasteiger charge is 2.05. The topological polar surface area (TPSA) is 78.3 Å². The Balaban J connectivity index is 3.37. The number of ether oxygens (including phenoxy) is 1. The van der Waals surface area contributed by atoms with Gasteiger partial charge in [-0.25, -0.2) is 0 Å². The molecule has 0 saturated carbocycles. The third kappa shape index (κ3) is 4.29. The van der Waals surface area contributed by atoms with Crippen molar-refractivity contribution in [3.8, 4) is 0 Å². The summed E-state index contributed by atoms with van der Waals surface area (Å²) in [4.78, 5) is 10.7. The Morgan fingerprint density at radius 2 is 2.20 bits per heavy atom. The fourth-order valence-electron chi connectivity index (χ4n) is 0.449. The number of hydrogen-bond donors (Lipinski definition) is 2. The van der Waals surface area contributed by atoms with Crippen molar-refractivity contribution in [2.24, 2.45) is 11.5 Å². The second kappa shape index (κ2) is 5.20. The lowest BCUT2D eigenvalue weighted by molar-refractivity contribution is -0.147. The fourth-order valence-corrected chi connectivity index (χ4v) is 0.449. The molecule has 4 nitrogen and oxygen atoms in total. The molecule has 0 aromatic heterocycles. The highest BCUT2D eigenvalue weighted by atomic mass is 16.5. The van der Waals surface area contributed by atoms with E-state index in [1.54, 1.807) is 6.92 Å². The van der Waals surface area contributed by atoms with E-state index in [-0.39, 0.29) is 18.5 Å². The number of rotatable bonds is 4. The molecule has 1 unspecified atom stereocenters. The summed E-state index contributed by atoms with van der Waals surface area (Å²) in [6, 6.07) is 0. The second-order valence-corrected chi connectivity index (χ2v) is 2.07. The zero-order valence-electron chi connectivity index (χ0n) is 6.17. The summed E-state index contributed by atoms with van der Waals surface area (Å²) in [6.45, 7) is 2.43. The molecule has 0 bridgehead atoms. The van der Waals surface area contributed by atoms with E-state index >= 15 is 0 Å². The van der Waals surface area contributed by atoms with Crippen LogP contribution in [0.4, 0.5) is 0 Å². The Bertz CT molecular complexity index is 106. The molecule has 4 N–H and O–H groups in total. The van der Waals surface area contributed by atoms with Crippen molar-refractivity contribution in [3.05, 3.63) is 0 Å². The highest BCUT2D eigenvalue weighted by Crippen LogP contribution is 1.90. The Labute approximate surface area is 60.5 Å². The summed E-state index contributed by atoms with van der Waals surface area (Å²) in [6.07, 6.45) is 0.0729. The highest BCUT2D eigenvalue weighted by molar-refractivity contribution is 5.69. The van der Waals surface area contributed by atoms with E-state index < -0.39 is 0 Å². The number of nitrogens with two attached hydrogens (primary N) is 2. The van der Waals surface area contributed by atoms with Crippen LogP contribution >= 0.6 is 0 Å². The molecular formula is C6H14N2O2. The van der Waals surface area contributed by atoms with Gasteiger partial charge in [0.15, 0.2) is 0 Å². The Hall–Kier alpha value is -0.610. The Kier molecular flexibility index (Phi) is 4.88. The summed E-state index contributed by atoms with van der Waals surface area (Å²) in [5, 5.41) is 0. The predicted molar refractivity (Wildman–Crippen MR) is 38.3 cm³/mol. The molecule has 0 aliphatic rings. The molecule has 0 rings (SSSR count). The largest absolute Gasteiger partial charge is 0.461 e. The van der Waals surface area contributed by atoms with Crippen LogP contribution in [0.3, 0.4) is 0 Å². The number of carbonyl (C=O) groups excluding carboxylic acids is 1. The first-order valence-electron chi connectivity index (χ1n) is 3.30. The molecule has 4 heteroatoms. The smallest absolute Gasteiger partial charge is 0.307 e. The lowest BCUT2D eigenvalue weighted by atomic mass is 10.4. The maximum atomic E-state index is 10.7. The maximum absolute atomic E-state index is 10.7. The van der Waals surface area contributed by atoms with Crippen molar-refractivity contribution in [2.45, 2.75) is 19.4 Å². The van der Waals surface area contributed by atoms with Crippen LogP contribution in [-0.2, 0) is 9.53 Å². The van der Waals surface area contributed by atoms with E-state index in [4.69, 9.17) is 16.2 Å². The fraction of sp³-hybridized carbons (Fsp3) is 0.833. The molecule has 0 aromatic rings. The second-order valence-electron chi connectivity index (χ2n) is 2.07. The van der Waals surface area contributed by atoms with Crippen LogP contribution in [0.25, 0.3) is 0 Å². The summed E-state index contributed by atoms with van der Waals surface area (Å²) in [7, 11) is 0. The number of hydrogen-bond acceptors (Lipinski definition) is 4. The molecule has 0 spiro atoms. The zero-order chi connectivity index (χ0) is 7.98. The van der Waals surface area contributed by atoms with Crippen LogP contribution in [-0.4, -0.2) is 25.2 Å². The van der Waals surface area contributed by atoms with Gasteiger partial charge >= 0.3 is 5.97 Å². The van der Waals surface area contributed by atoms with Gasteiger partial charge in [-0.15, -0.1) is 0 Å². The van der Waals surface area contributed by atoms with Crippen molar-refractivity contribution >= 4 is 5.97 Å². The van der Waals surface area contributed by atoms with Gasteiger partial charge in [0.1, 0.15) is 6.10 Å². The molecule has 1 atom stereocenters. The summed E-state index contributed by atoms with van der Waals surface area (Å²) >= 11 is 0. The van der Waals surface area contributed by atoms with E-state index in [0.717, 1.165) is 0 Å². The van der Waals surface area contributed by atoms with Crippen molar-refractivity contribution in [3.63, 3.8) is 0 Å². The minimum absolute atomic E-state index is 0.195. The van der Waals surface area contributed by atoms with Gasteiger partial charge in [0.2, 0.25) is 0 Å². The van der Waals surface area contributed by atoms with Crippen molar-refractivity contribution in [1.29, 1.82) is 0 Å². The SMILES string of the molecule is CC(CN)OC(=O)CCN. The normalized spacial score (nSPS) is 12.7. The zero-order valence-corrected chi connectivity index (χ0v) is 6.17. The van der Waals surface area contributed by atoms with Crippen molar-refractivity contribution in [2.75, 3.05) is 13.1 Å². The van der Waals surface area contributed by atoms with Gasteiger partial charge in [-0.1, -0.05) is 0 Å². The lowest BCUT2D eigenvalue weighted by Gasteiger charge is -2.09. The summed E-state index contributed by atoms with van der Waals surface area (Å²) < 4.78 is 4.80. The number of esters is 1. The van der Waals surface area contributed by atoms with Gasteiger partial charge in [0.05, 0.1) is 6.42 Å². The molecule has 0 amide bonds. The van der Waals surface area contributed by atoms with Gasteiger partial charge in [-0.05, 0) is 6.92 Å². The molecule has 60 valence electrons. The van der Waals surface area contributed by atoms with Gasteiger partial charge in [0.25, 0.3) is 0 Å². The Morgan fingerprint density at radius 3 is 2.60 bits per heavy atom. The van der Waals surface area contributed by atoms with Crippen molar-refractivity contribution in [1.82, 2.24) is 0 Å². The number of carbonyl (C=O) groups is 1. The third-order valence-corrected chi connectivity index (χ3v) is 1.01. The van der Waals surface area contributed by atoms with Gasteiger partial charge < -0.3 is 16.2 Å². The molecule has 0 aliphatic carbocycles. The van der Waals surface area contributed by atoms with E-state index in [9.17, 15) is 4.79 Å². The minimum Gasteiger partial charge on any atom is -0.461 e. The maximum Gasteiger partial charge on any atom is 0.307 e. The molecule has 0 radical (unpaired) electrons. The molecule has 0 heterocycles. The van der Waals surface area contributed by atoms with Gasteiger partial charge in [-0.2, -0.15) is 0 Å². The Morgan fingerprint density at radius 1 is 1.60 bits per heavy atom. The monoisotopic (exact) mass is 146 g/mol. The van der Waals surface area contributed by atoms with Gasteiger partial charge in [-0.3, -0.25) is 4.79 Å². The molecule has 0 saturated heterocycles. The molecule has 0 fully saturated rings. The predicted octanol–water partition coefficient (Wildman–Crippen LogP) is -0.774. The molecule has 0 aliphatic heterocycles. The van der Waals surface area contributed by atoms with Crippen LogP contribution in [0.15, 0.2) is 0 Å². The molecular weight excluding hydrogens is 132 g/mol. The van der Waals surface area contributed by atoms with Gasteiger partial charge in [0, 0.05) is 13.1 Å². The van der Waals surface area contributed by atoms with Crippen molar-refractivity contribution < 1.29 is 9.53 Å². The van der Waals surface area contributed by atoms with E-state index in [0.29, 0.717) is 13.1 Å². The quantitative estimate of drug-likeness (QED) is 0.510. The first-order valence-corrected chi connectivity index (χ1v) is 3.30. The third-order valence-electron chi connectivity index (χ3n) is 1.01. The minimum atomic E-state index is -0.277. The average molecular weight is 146 g/mol. The van der Waals surface area contributed by atoms with Crippen LogP contribution < -0.4 is 11.5 Å². The van der Waals surface area contributed by atoms with Crippen LogP contribution in [0.2, 0.25) is 0 Å². The van der Waals surface area contributed by atoms with Crippen LogP contribution in [0, 0.1) is 0 Å². The lowest BCUT2D eigenvalue weighted by Crippen LogP contribution is -2.24. The standard InChI is InChI=1S/C6H14N2O2/c1-5(4-8)10-6(9)2-3-7/h5H,2-4,7-8H2,1H3. The average Bonchev–Trinajstić information content (AvgIpc) is 1.88. The van der Waals surface area contributed by atoms with E-state index in [1.807, 2.05) is 0 Å². The van der Waals surface area contributed by atoms with Crippen LogP contribution in [0.1, 0.15) is 13.3 Å². The van der Waals surface area contributed by atoms with E-state index in [1.165, 1.54) is 0 Å². The molecule has 10 heavy (non-hydrogen) atoms. The van der Waals surface area contributed by atoms with E-state index in [2.05, 4.69) is 0 Å². The first-order chi connectivity index (χ1) is 4.70. The summed E-state index contributed by atoms with van der Waals surface area (Å²) in [5.74, 6) is -0.277. The molecule has 0 aromatic carbocycles. The van der Waals surface area contributed by atoms with Crippen LogP contribution in [0.5, 0.6) is 0 Å².